The third kappa shape index (κ3) is 4.14. The number of piperazine rings is 1. The highest BCUT2D eigenvalue weighted by Gasteiger charge is 2.23. The Morgan fingerprint density at radius 3 is 2.44 bits per heavy atom. The van der Waals surface area contributed by atoms with Gasteiger partial charge in [0.25, 0.3) is 0 Å². The number of anilines is 1. The van der Waals surface area contributed by atoms with Gasteiger partial charge in [-0.2, -0.15) is 0 Å². The van der Waals surface area contributed by atoms with Gasteiger partial charge < -0.3 is 14.2 Å². The van der Waals surface area contributed by atoms with Gasteiger partial charge in [0.15, 0.2) is 0 Å². The SMILES string of the molecule is Cc1nc(C2CCOCC2)cc(N2CCN(Cc3c(C)noc3C)CC2)n1. The van der Waals surface area contributed by atoms with E-state index in [1.54, 1.807) is 0 Å². The van der Waals surface area contributed by atoms with Gasteiger partial charge in [0, 0.05) is 69.2 Å². The molecule has 0 aliphatic carbocycles. The summed E-state index contributed by atoms with van der Waals surface area (Å²) in [7, 11) is 0. The molecule has 0 spiro atoms. The molecule has 2 aliphatic heterocycles. The molecule has 0 radical (unpaired) electrons. The van der Waals surface area contributed by atoms with Crippen LogP contribution in [0.2, 0.25) is 0 Å². The highest BCUT2D eigenvalue weighted by atomic mass is 16.5. The largest absolute Gasteiger partial charge is 0.381 e. The van der Waals surface area contributed by atoms with Crippen molar-refractivity contribution >= 4 is 5.82 Å². The number of aromatic nitrogens is 3. The van der Waals surface area contributed by atoms with Crippen LogP contribution in [-0.4, -0.2) is 59.4 Å². The molecule has 2 aromatic heterocycles. The second kappa shape index (κ2) is 7.94. The van der Waals surface area contributed by atoms with E-state index in [1.807, 2.05) is 20.8 Å². The van der Waals surface area contributed by atoms with E-state index in [4.69, 9.17) is 19.2 Å². The maximum absolute atomic E-state index is 5.50. The van der Waals surface area contributed by atoms with Crippen LogP contribution in [-0.2, 0) is 11.3 Å². The van der Waals surface area contributed by atoms with Gasteiger partial charge in [0.2, 0.25) is 0 Å². The van der Waals surface area contributed by atoms with Crippen LogP contribution in [0.1, 0.15) is 47.3 Å². The first-order valence-electron chi connectivity index (χ1n) is 9.92. The van der Waals surface area contributed by atoms with Gasteiger partial charge in [-0.25, -0.2) is 9.97 Å². The van der Waals surface area contributed by atoms with Crippen LogP contribution in [0.3, 0.4) is 0 Å². The van der Waals surface area contributed by atoms with Crippen LogP contribution in [0, 0.1) is 20.8 Å². The first-order valence-corrected chi connectivity index (χ1v) is 9.92. The summed E-state index contributed by atoms with van der Waals surface area (Å²) in [6, 6.07) is 2.20. The van der Waals surface area contributed by atoms with Gasteiger partial charge in [0.05, 0.1) is 5.69 Å². The quantitative estimate of drug-likeness (QED) is 0.818. The van der Waals surface area contributed by atoms with Crippen molar-refractivity contribution in [3.8, 4) is 0 Å². The van der Waals surface area contributed by atoms with E-state index in [2.05, 4.69) is 21.0 Å². The van der Waals surface area contributed by atoms with Gasteiger partial charge in [-0.3, -0.25) is 4.90 Å². The monoisotopic (exact) mass is 371 g/mol. The average molecular weight is 371 g/mol. The third-order valence-corrected chi connectivity index (χ3v) is 5.74. The van der Waals surface area contributed by atoms with Crippen LogP contribution < -0.4 is 4.90 Å². The summed E-state index contributed by atoms with van der Waals surface area (Å²) in [5, 5.41) is 4.07. The number of hydrogen-bond acceptors (Lipinski definition) is 7. The number of nitrogens with zero attached hydrogens (tertiary/aromatic N) is 5. The molecule has 2 saturated heterocycles. The average Bonchev–Trinajstić information content (AvgIpc) is 3.01. The Bertz CT molecular complexity index is 757. The minimum atomic E-state index is 0.500. The summed E-state index contributed by atoms with van der Waals surface area (Å²) in [6.07, 6.45) is 2.11. The van der Waals surface area contributed by atoms with Gasteiger partial charge in [-0.15, -0.1) is 0 Å². The normalized spacial score (nSPS) is 19.6. The fraction of sp³-hybridized carbons (Fsp3) is 0.650. The van der Waals surface area contributed by atoms with Crippen LogP contribution in [0.5, 0.6) is 0 Å². The van der Waals surface area contributed by atoms with Gasteiger partial charge in [-0.1, -0.05) is 5.16 Å². The Balaban J connectivity index is 1.41. The zero-order valence-corrected chi connectivity index (χ0v) is 16.6. The molecule has 27 heavy (non-hydrogen) atoms. The van der Waals surface area contributed by atoms with Crippen LogP contribution in [0.15, 0.2) is 10.6 Å². The Morgan fingerprint density at radius 2 is 1.78 bits per heavy atom. The topological polar surface area (TPSA) is 67.5 Å². The van der Waals surface area contributed by atoms with Crippen molar-refractivity contribution in [2.24, 2.45) is 0 Å². The second-order valence-corrected chi connectivity index (χ2v) is 7.65. The van der Waals surface area contributed by atoms with Crippen LogP contribution >= 0.6 is 0 Å². The van der Waals surface area contributed by atoms with E-state index in [9.17, 15) is 0 Å². The number of ether oxygens (including phenoxy) is 1. The molecule has 7 nitrogen and oxygen atoms in total. The highest BCUT2D eigenvalue weighted by molar-refractivity contribution is 5.41. The van der Waals surface area contributed by atoms with Crippen molar-refractivity contribution in [1.82, 2.24) is 20.0 Å². The molecule has 0 atom stereocenters. The number of aryl methyl sites for hydroxylation is 3. The molecule has 2 fully saturated rings. The number of hydrogen-bond donors (Lipinski definition) is 0. The molecule has 0 saturated carbocycles. The molecular weight excluding hydrogens is 342 g/mol. The maximum atomic E-state index is 5.50. The molecule has 0 bridgehead atoms. The van der Waals surface area contributed by atoms with E-state index in [0.717, 1.165) is 81.9 Å². The molecule has 0 N–H and O–H groups in total. The maximum Gasteiger partial charge on any atom is 0.138 e. The first kappa shape index (κ1) is 18.4. The zero-order chi connectivity index (χ0) is 18.8. The Hall–Kier alpha value is -1.99. The summed E-state index contributed by atoms with van der Waals surface area (Å²) < 4.78 is 10.8. The Morgan fingerprint density at radius 1 is 1.04 bits per heavy atom. The molecule has 2 aliphatic rings. The lowest BCUT2D eigenvalue weighted by molar-refractivity contribution is 0.0844. The number of rotatable bonds is 4. The first-order chi connectivity index (χ1) is 13.1. The molecular formula is C20H29N5O2. The minimum Gasteiger partial charge on any atom is -0.381 e. The summed E-state index contributed by atoms with van der Waals surface area (Å²) in [4.78, 5) is 14.3. The molecule has 146 valence electrons. The molecule has 4 rings (SSSR count). The molecule has 0 unspecified atom stereocenters. The minimum absolute atomic E-state index is 0.500. The Labute approximate surface area is 160 Å². The van der Waals surface area contributed by atoms with Crippen molar-refractivity contribution in [1.29, 1.82) is 0 Å². The second-order valence-electron chi connectivity index (χ2n) is 7.65. The van der Waals surface area contributed by atoms with E-state index in [0.29, 0.717) is 5.92 Å². The fourth-order valence-corrected chi connectivity index (χ4v) is 4.03. The van der Waals surface area contributed by atoms with E-state index in [-0.39, 0.29) is 0 Å². The smallest absolute Gasteiger partial charge is 0.138 e. The zero-order valence-electron chi connectivity index (χ0n) is 16.6. The highest BCUT2D eigenvalue weighted by Crippen LogP contribution is 2.28. The van der Waals surface area contributed by atoms with Gasteiger partial charge in [0.1, 0.15) is 17.4 Å². The lowest BCUT2D eigenvalue weighted by atomic mass is 9.96. The predicted molar refractivity (Wildman–Crippen MR) is 103 cm³/mol. The fourth-order valence-electron chi connectivity index (χ4n) is 4.03. The molecule has 0 amide bonds. The standard InChI is InChI=1S/C20H29N5O2/c1-14-18(15(2)27-23-14)13-24-6-8-25(9-7-24)20-12-19(21-16(3)22-20)17-4-10-26-11-5-17/h12,17H,4-11,13H2,1-3H3. The molecule has 2 aromatic rings. The van der Waals surface area contributed by atoms with Crippen molar-refractivity contribution < 1.29 is 9.26 Å². The lowest BCUT2D eigenvalue weighted by Gasteiger charge is -2.35. The molecule has 7 heteroatoms. The molecule has 4 heterocycles. The van der Waals surface area contributed by atoms with Crippen LogP contribution in [0.4, 0.5) is 5.82 Å². The van der Waals surface area contributed by atoms with Crippen molar-refractivity contribution in [2.75, 3.05) is 44.3 Å². The predicted octanol–water partition coefficient (Wildman–Crippen LogP) is 2.61. The molecule has 0 aromatic carbocycles. The summed E-state index contributed by atoms with van der Waals surface area (Å²) in [6.45, 7) is 12.6. The van der Waals surface area contributed by atoms with Crippen LogP contribution in [0.25, 0.3) is 0 Å². The summed E-state index contributed by atoms with van der Waals surface area (Å²) >= 11 is 0. The summed E-state index contributed by atoms with van der Waals surface area (Å²) in [5.41, 5.74) is 3.41. The van der Waals surface area contributed by atoms with E-state index >= 15 is 0 Å². The van der Waals surface area contributed by atoms with Crippen molar-refractivity contribution in [2.45, 2.75) is 46.1 Å². The van der Waals surface area contributed by atoms with Gasteiger partial charge >= 0.3 is 0 Å². The van der Waals surface area contributed by atoms with Crippen molar-refractivity contribution in [3.05, 3.63) is 34.6 Å². The lowest BCUT2D eigenvalue weighted by Crippen LogP contribution is -2.46. The van der Waals surface area contributed by atoms with Gasteiger partial charge in [-0.05, 0) is 33.6 Å². The van der Waals surface area contributed by atoms with E-state index < -0.39 is 0 Å². The third-order valence-electron chi connectivity index (χ3n) is 5.74. The Kier molecular flexibility index (Phi) is 5.41. The van der Waals surface area contributed by atoms with Crippen molar-refractivity contribution in [3.63, 3.8) is 0 Å². The summed E-state index contributed by atoms with van der Waals surface area (Å²) in [5.74, 6) is 3.37. The van der Waals surface area contributed by atoms with E-state index in [1.165, 1.54) is 11.3 Å².